The quantitative estimate of drug-likeness (QED) is 0.602. The maximum Gasteiger partial charge on any atom is 0.199 e. The van der Waals surface area contributed by atoms with Crippen molar-refractivity contribution in [2.45, 2.75) is 32.8 Å². The molecule has 0 saturated heterocycles. The number of carbonyl (C=O) groups excluding carboxylic acids is 2. The van der Waals surface area contributed by atoms with Gasteiger partial charge in [0.1, 0.15) is 5.75 Å². The number of Topliss-reactive ketones (excluding diaryl/α,β-unsaturated/α-hetero) is 2. The minimum atomic E-state index is -2.19. The summed E-state index contributed by atoms with van der Waals surface area (Å²) in [5.41, 5.74) is 1.21. The molecule has 3 aromatic carbocycles. The molecule has 2 N–H and O–H groups in total. The fourth-order valence-electron chi connectivity index (χ4n) is 3.89. The van der Waals surface area contributed by atoms with Crippen molar-refractivity contribution in [3.05, 3.63) is 100 Å². The van der Waals surface area contributed by atoms with Crippen LogP contribution in [0.1, 0.15) is 49.4 Å². The largest absolute Gasteiger partial charge is 0.508 e. The molecule has 0 aromatic heterocycles. The summed E-state index contributed by atoms with van der Waals surface area (Å²) in [6.45, 7) is 5.63. The van der Waals surface area contributed by atoms with Gasteiger partial charge in [0, 0.05) is 16.7 Å². The van der Waals surface area contributed by atoms with Crippen molar-refractivity contribution in [2.24, 2.45) is 0 Å². The normalized spacial score (nSPS) is 13.0. The molecule has 0 aliphatic carbocycles. The molecule has 0 fully saturated rings. The molecule has 1 atom stereocenters. The average molecular weight is 388 g/mol. The summed E-state index contributed by atoms with van der Waals surface area (Å²) in [5.74, 6) is -1.21. The Labute approximate surface area is 170 Å². The van der Waals surface area contributed by atoms with Crippen LogP contribution in [0.25, 0.3) is 0 Å². The molecule has 29 heavy (non-hydrogen) atoms. The Morgan fingerprint density at radius 3 is 2.00 bits per heavy atom. The first kappa shape index (κ1) is 20.5. The number of aryl methyl sites for hydroxylation is 3. The van der Waals surface area contributed by atoms with E-state index in [1.54, 1.807) is 42.5 Å². The maximum atomic E-state index is 13.3. The van der Waals surface area contributed by atoms with Gasteiger partial charge >= 0.3 is 0 Å². The summed E-state index contributed by atoms with van der Waals surface area (Å²) >= 11 is 0. The molecule has 4 nitrogen and oxygen atoms in total. The number of hydrogen-bond donors (Lipinski definition) is 2. The summed E-state index contributed by atoms with van der Waals surface area (Å²) in [7, 11) is 0. The molecular weight excluding hydrogens is 364 g/mol. The first-order valence-electron chi connectivity index (χ1n) is 9.46. The number of carbonyl (C=O) groups is 2. The Bertz CT molecular complexity index is 1050. The second-order valence-electron chi connectivity index (χ2n) is 7.45. The zero-order valence-electron chi connectivity index (χ0n) is 16.8. The number of phenolic OH excluding ortho intramolecular Hbond substituents is 1. The van der Waals surface area contributed by atoms with Crippen LogP contribution in [0.15, 0.2) is 66.7 Å². The fraction of sp³-hybridized carbons (Fsp3) is 0.200. The second-order valence-corrected chi connectivity index (χ2v) is 7.45. The molecule has 0 aliphatic heterocycles. The van der Waals surface area contributed by atoms with Gasteiger partial charge in [0.2, 0.25) is 0 Å². The molecule has 1 unspecified atom stereocenters. The van der Waals surface area contributed by atoms with Gasteiger partial charge in [-0.2, -0.15) is 0 Å². The van der Waals surface area contributed by atoms with Crippen molar-refractivity contribution in [2.75, 3.05) is 0 Å². The molecule has 148 valence electrons. The summed E-state index contributed by atoms with van der Waals surface area (Å²) < 4.78 is 0. The minimum Gasteiger partial charge on any atom is -0.508 e. The van der Waals surface area contributed by atoms with Gasteiger partial charge in [-0.1, -0.05) is 66.2 Å². The lowest BCUT2D eigenvalue weighted by atomic mass is 9.79. The summed E-state index contributed by atoms with van der Waals surface area (Å²) in [4.78, 5) is 26.5. The molecule has 3 rings (SSSR count). The van der Waals surface area contributed by atoms with Gasteiger partial charge in [-0.15, -0.1) is 0 Å². The van der Waals surface area contributed by atoms with E-state index >= 15 is 0 Å². The van der Waals surface area contributed by atoms with Crippen molar-refractivity contribution in [1.82, 2.24) is 0 Å². The van der Waals surface area contributed by atoms with Crippen LogP contribution in [0, 0.1) is 20.8 Å². The highest BCUT2D eigenvalue weighted by Crippen LogP contribution is 2.36. The number of phenols is 1. The molecule has 3 aromatic rings. The first-order chi connectivity index (χ1) is 13.7. The number of benzene rings is 3. The average Bonchev–Trinajstić information content (AvgIpc) is 2.67. The Hall–Kier alpha value is -3.24. The number of ketones is 2. The van der Waals surface area contributed by atoms with Crippen LogP contribution in [-0.4, -0.2) is 21.8 Å². The lowest BCUT2D eigenvalue weighted by molar-refractivity contribution is 0.0238. The van der Waals surface area contributed by atoms with Crippen LogP contribution < -0.4 is 0 Å². The lowest BCUT2D eigenvalue weighted by Crippen LogP contribution is -2.38. The maximum absolute atomic E-state index is 13.3. The van der Waals surface area contributed by atoms with E-state index in [1.807, 2.05) is 32.9 Å². The smallest absolute Gasteiger partial charge is 0.199 e. The molecule has 0 spiro atoms. The molecule has 0 saturated carbocycles. The van der Waals surface area contributed by atoms with Crippen molar-refractivity contribution in [3.63, 3.8) is 0 Å². The summed E-state index contributed by atoms with van der Waals surface area (Å²) in [5, 5.41) is 21.9. The standard InChI is InChI=1S/C25H24O4/c1-16-13-17(2)23(18(3)14-16)22(27)15-25(29,20-11-7-8-12-21(20)26)24(28)19-9-5-4-6-10-19/h4-14,26,29H,15H2,1-3H3. The summed E-state index contributed by atoms with van der Waals surface area (Å²) in [6, 6.07) is 18.2. The highest BCUT2D eigenvalue weighted by molar-refractivity contribution is 6.08. The topological polar surface area (TPSA) is 74.6 Å². The molecule has 0 bridgehead atoms. The van der Waals surface area contributed by atoms with Gasteiger partial charge in [-0.25, -0.2) is 0 Å². The Balaban J connectivity index is 2.11. The van der Waals surface area contributed by atoms with E-state index in [0.717, 1.165) is 16.7 Å². The van der Waals surface area contributed by atoms with E-state index in [2.05, 4.69) is 0 Å². The van der Waals surface area contributed by atoms with Crippen molar-refractivity contribution in [1.29, 1.82) is 0 Å². The Morgan fingerprint density at radius 1 is 0.862 bits per heavy atom. The number of para-hydroxylation sites is 1. The third-order valence-electron chi connectivity index (χ3n) is 5.13. The Kier molecular flexibility index (Phi) is 5.66. The van der Waals surface area contributed by atoms with E-state index in [-0.39, 0.29) is 22.7 Å². The lowest BCUT2D eigenvalue weighted by Gasteiger charge is -2.28. The van der Waals surface area contributed by atoms with Crippen LogP contribution in [-0.2, 0) is 5.60 Å². The molecular formula is C25H24O4. The van der Waals surface area contributed by atoms with E-state index < -0.39 is 17.8 Å². The van der Waals surface area contributed by atoms with Crippen LogP contribution >= 0.6 is 0 Å². The SMILES string of the molecule is Cc1cc(C)c(C(=O)CC(O)(C(=O)c2ccccc2)c2ccccc2O)c(C)c1. The zero-order chi connectivity index (χ0) is 21.2. The van der Waals surface area contributed by atoms with E-state index in [9.17, 15) is 19.8 Å². The number of hydrogen-bond acceptors (Lipinski definition) is 4. The molecule has 0 aliphatic rings. The number of rotatable bonds is 6. The third kappa shape index (κ3) is 3.98. The van der Waals surface area contributed by atoms with E-state index in [0.29, 0.717) is 5.56 Å². The first-order valence-corrected chi connectivity index (χ1v) is 9.46. The van der Waals surface area contributed by atoms with Gasteiger partial charge in [0.05, 0.1) is 6.42 Å². The van der Waals surface area contributed by atoms with Crippen LogP contribution in [0.5, 0.6) is 5.75 Å². The van der Waals surface area contributed by atoms with Crippen LogP contribution in [0.4, 0.5) is 0 Å². The zero-order valence-corrected chi connectivity index (χ0v) is 16.8. The van der Waals surface area contributed by atoms with Gasteiger partial charge < -0.3 is 10.2 Å². The van der Waals surface area contributed by atoms with Gasteiger partial charge in [-0.05, 0) is 38.0 Å². The monoisotopic (exact) mass is 388 g/mol. The van der Waals surface area contributed by atoms with Crippen LogP contribution in [0.2, 0.25) is 0 Å². The molecule has 0 radical (unpaired) electrons. The van der Waals surface area contributed by atoms with Crippen molar-refractivity contribution in [3.8, 4) is 5.75 Å². The third-order valence-corrected chi connectivity index (χ3v) is 5.13. The fourth-order valence-corrected chi connectivity index (χ4v) is 3.89. The van der Waals surface area contributed by atoms with Gasteiger partial charge in [-0.3, -0.25) is 9.59 Å². The summed E-state index contributed by atoms with van der Waals surface area (Å²) in [6.07, 6.45) is -0.469. The van der Waals surface area contributed by atoms with Gasteiger partial charge in [0.25, 0.3) is 0 Å². The molecule has 4 heteroatoms. The predicted octanol–water partition coefficient (Wildman–Crippen LogP) is 4.66. The molecule has 0 amide bonds. The van der Waals surface area contributed by atoms with Crippen molar-refractivity contribution < 1.29 is 19.8 Å². The highest BCUT2D eigenvalue weighted by atomic mass is 16.3. The highest BCUT2D eigenvalue weighted by Gasteiger charge is 2.42. The second kappa shape index (κ2) is 8.02. The minimum absolute atomic E-state index is 0.0182. The predicted molar refractivity (Wildman–Crippen MR) is 112 cm³/mol. The number of aromatic hydroxyl groups is 1. The van der Waals surface area contributed by atoms with Crippen LogP contribution in [0.3, 0.4) is 0 Å². The number of aliphatic hydroxyl groups is 1. The van der Waals surface area contributed by atoms with E-state index in [1.165, 1.54) is 12.1 Å². The van der Waals surface area contributed by atoms with Crippen molar-refractivity contribution >= 4 is 11.6 Å². The molecule has 0 heterocycles. The van der Waals surface area contributed by atoms with Gasteiger partial charge in [0.15, 0.2) is 17.2 Å². The Morgan fingerprint density at radius 2 is 1.41 bits per heavy atom. The van der Waals surface area contributed by atoms with E-state index in [4.69, 9.17) is 0 Å².